The van der Waals surface area contributed by atoms with Crippen molar-refractivity contribution in [2.75, 3.05) is 6.54 Å². The van der Waals surface area contributed by atoms with Gasteiger partial charge in [0.15, 0.2) is 0 Å². The number of nitrogens with zero attached hydrogens (tertiary/aromatic N) is 1. The number of aromatic amines is 1. The van der Waals surface area contributed by atoms with Crippen LogP contribution in [-0.2, 0) is 11.3 Å². The maximum atomic E-state index is 13.7. The Morgan fingerprint density at radius 3 is 2.42 bits per heavy atom. The van der Waals surface area contributed by atoms with Crippen molar-refractivity contribution in [2.45, 2.75) is 32.4 Å². The molecular formula is C30H28N2O3Se. The number of ether oxygens (including phenoxy) is 1. The van der Waals surface area contributed by atoms with E-state index in [2.05, 4.69) is 18.0 Å². The van der Waals surface area contributed by atoms with Crippen LogP contribution in [0.4, 0.5) is 4.79 Å². The molecule has 0 saturated heterocycles. The molecule has 5 rings (SSSR count). The fourth-order valence-corrected chi connectivity index (χ4v) is 6.38. The molecule has 2 heterocycles. The molecule has 3 aromatic carbocycles. The summed E-state index contributed by atoms with van der Waals surface area (Å²) in [6.45, 7) is 2.85. The molecule has 1 N–H and O–H groups in total. The Kier molecular flexibility index (Phi) is 7.36. The molecule has 4 aromatic rings. The Morgan fingerprint density at radius 2 is 1.67 bits per heavy atom. The molecule has 6 heteroatoms. The molecule has 0 aliphatic carbocycles. The van der Waals surface area contributed by atoms with E-state index in [1.807, 2.05) is 84.9 Å². The summed E-state index contributed by atoms with van der Waals surface area (Å²) in [5.74, 6) is 0. The number of aromatic nitrogens is 1. The summed E-state index contributed by atoms with van der Waals surface area (Å²) >= 11 is -0.389. The zero-order valence-corrected chi connectivity index (χ0v) is 21.9. The number of fused-ring (bicyclic) bond motifs is 1. The van der Waals surface area contributed by atoms with Crippen LogP contribution in [0, 0.1) is 0 Å². The van der Waals surface area contributed by atoms with Crippen molar-refractivity contribution in [3.63, 3.8) is 0 Å². The number of amides is 1. The van der Waals surface area contributed by atoms with E-state index in [0.717, 1.165) is 44.9 Å². The zero-order chi connectivity index (χ0) is 24.9. The van der Waals surface area contributed by atoms with Gasteiger partial charge in [-0.3, -0.25) is 0 Å². The van der Waals surface area contributed by atoms with Crippen LogP contribution in [0.2, 0.25) is 0 Å². The fourth-order valence-electron chi connectivity index (χ4n) is 4.76. The van der Waals surface area contributed by atoms with Crippen LogP contribution in [0.1, 0.15) is 47.4 Å². The molecular weight excluding hydrogens is 515 g/mol. The average Bonchev–Trinajstić information content (AvgIpc) is 3.32. The van der Waals surface area contributed by atoms with Gasteiger partial charge in [0.1, 0.15) is 0 Å². The number of benzene rings is 3. The van der Waals surface area contributed by atoms with Crippen LogP contribution < -0.4 is 4.46 Å². The Balaban J connectivity index is 1.53. The first-order valence-corrected chi connectivity index (χ1v) is 13.9. The number of carbonyl (C=O) groups excluding carboxylic acids is 2. The number of nitrogens with one attached hydrogen (secondary N) is 1. The van der Waals surface area contributed by atoms with Crippen molar-refractivity contribution >= 4 is 41.1 Å². The third-order valence-electron chi connectivity index (χ3n) is 6.46. The second-order valence-electron chi connectivity index (χ2n) is 8.72. The predicted molar refractivity (Wildman–Crippen MR) is 144 cm³/mol. The summed E-state index contributed by atoms with van der Waals surface area (Å²) in [4.78, 5) is 32.3. The van der Waals surface area contributed by atoms with E-state index >= 15 is 0 Å². The van der Waals surface area contributed by atoms with Crippen molar-refractivity contribution in [3.8, 4) is 0 Å². The summed E-state index contributed by atoms with van der Waals surface area (Å²) < 4.78 is 6.86. The Labute approximate surface area is 217 Å². The molecule has 182 valence electrons. The number of carbonyl (C=O) groups is 2. The van der Waals surface area contributed by atoms with Gasteiger partial charge in [-0.2, -0.15) is 0 Å². The van der Waals surface area contributed by atoms with Gasteiger partial charge in [0.2, 0.25) is 0 Å². The second-order valence-corrected chi connectivity index (χ2v) is 10.9. The fraction of sp³-hybridized carbons (Fsp3) is 0.200. The van der Waals surface area contributed by atoms with Gasteiger partial charge in [0.05, 0.1) is 0 Å². The van der Waals surface area contributed by atoms with Gasteiger partial charge in [-0.1, -0.05) is 0 Å². The van der Waals surface area contributed by atoms with Crippen molar-refractivity contribution in [3.05, 3.63) is 113 Å². The standard InChI is InChI=1S/C30H28N2O3Se/c1-2-22-14-11-19-32(30(34)35-20-21-12-5-3-6-13-21)28(22)26-24-17-9-10-18-25(24)31-27(26)29(33)36-23-15-7-4-8-16-23/h3-10,12-18,28,31H,2,11,19-20H2,1H3. The van der Waals surface area contributed by atoms with Gasteiger partial charge in [-0.15, -0.1) is 0 Å². The SMILES string of the molecule is CCC1=CCCN(C(=O)OCc2ccccc2)C1c1c(C(=O)[Se]c2ccccc2)[nH]c2ccccc12. The minimum absolute atomic E-state index is 0.0681. The summed E-state index contributed by atoms with van der Waals surface area (Å²) in [6.07, 6.45) is 3.40. The van der Waals surface area contributed by atoms with Crippen LogP contribution in [-0.4, -0.2) is 42.2 Å². The number of hydrogen-bond donors (Lipinski definition) is 1. The van der Waals surface area contributed by atoms with E-state index in [0.29, 0.717) is 12.2 Å². The van der Waals surface area contributed by atoms with E-state index in [4.69, 9.17) is 4.74 Å². The summed E-state index contributed by atoms with van der Waals surface area (Å²) in [5.41, 5.74) is 4.44. The topological polar surface area (TPSA) is 62.4 Å². The van der Waals surface area contributed by atoms with Crippen LogP contribution in [0.15, 0.2) is 96.6 Å². The van der Waals surface area contributed by atoms with E-state index in [-0.39, 0.29) is 38.4 Å². The van der Waals surface area contributed by atoms with Crippen LogP contribution in [0.5, 0.6) is 0 Å². The van der Waals surface area contributed by atoms with Gasteiger partial charge in [0.25, 0.3) is 0 Å². The molecule has 0 radical (unpaired) electrons. The third-order valence-corrected chi connectivity index (χ3v) is 8.35. The molecule has 1 aromatic heterocycles. The maximum absolute atomic E-state index is 13.7. The third kappa shape index (κ3) is 5.01. The van der Waals surface area contributed by atoms with E-state index in [9.17, 15) is 9.59 Å². The average molecular weight is 544 g/mol. The van der Waals surface area contributed by atoms with Crippen molar-refractivity contribution < 1.29 is 14.3 Å². The Morgan fingerprint density at radius 1 is 0.972 bits per heavy atom. The van der Waals surface area contributed by atoms with Gasteiger partial charge >= 0.3 is 218 Å². The number of hydrogen-bond acceptors (Lipinski definition) is 3. The molecule has 1 amide bonds. The first-order chi connectivity index (χ1) is 17.7. The second kappa shape index (κ2) is 11.0. The molecule has 0 saturated carbocycles. The summed E-state index contributed by atoms with van der Waals surface area (Å²) in [7, 11) is 0. The molecule has 1 aliphatic heterocycles. The number of para-hydroxylation sites is 1. The van der Waals surface area contributed by atoms with Gasteiger partial charge in [-0.05, 0) is 0 Å². The molecule has 36 heavy (non-hydrogen) atoms. The van der Waals surface area contributed by atoms with Gasteiger partial charge < -0.3 is 0 Å². The molecule has 0 bridgehead atoms. The first-order valence-electron chi connectivity index (χ1n) is 12.2. The first kappa shape index (κ1) is 24.1. The summed E-state index contributed by atoms with van der Waals surface area (Å²) in [5, 5.41) is 0.969. The summed E-state index contributed by atoms with van der Waals surface area (Å²) in [6, 6.07) is 27.2. The predicted octanol–water partition coefficient (Wildman–Crippen LogP) is 5.76. The van der Waals surface area contributed by atoms with Gasteiger partial charge in [0, 0.05) is 0 Å². The zero-order valence-electron chi connectivity index (χ0n) is 20.1. The molecule has 0 spiro atoms. The molecule has 0 fully saturated rings. The molecule has 1 aliphatic rings. The quantitative estimate of drug-likeness (QED) is 0.238. The van der Waals surface area contributed by atoms with Crippen molar-refractivity contribution in [1.82, 2.24) is 9.88 Å². The van der Waals surface area contributed by atoms with Crippen molar-refractivity contribution in [1.29, 1.82) is 0 Å². The minimum atomic E-state index is -0.389. The van der Waals surface area contributed by atoms with Crippen LogP contribution in [0.25, 0.3) is 10.9 Å². The van der Waals surface area contributed by atoms with E-state index in [1.54, 1.807) is 4.90 Å². The van der Waals surface area contributed by atoms with Crippen molar-refractivity contribution in [2.24, 2.45) is 0 Å². The number of rotatable bonds is 7. The molecule has 1 unspecified atom stereocenters. The van der Waals surface area contributed by atoms with Crippen LogP contribution in [0.3, 0.4) is 0 Å². The normalized spacial score (nSPS) is 15.5. The van der Waals surface area contributed by atoms with E-state index in [1.165, 1.54) is 0 Å². The Bertz CT molecular complexity index is 1400. The Hall–Kier alpha value is -3.60. The molecule has 5 nitrogen and oxygen atoms in total. The van der Waals surface area contributed by atoms with Gasteiger partial charge in [-0.25, -0.2) is 0 Å². The number of H-pyrrole nitrogens is 1. The van der Waals surface area contributed by atoms with E-state index < -0.39 is 0 Å². The monoisotopic (exact) mass is 544 g/mol. The van der Waals surface area contributed by atoms with Crippen LogP contribution >= 0.6 is 0 Å². The molecule has 1 atom stereocenters.